The minimum absolute atomic E-state index is 0.00779. The molecule has 1 aromatic carbocycles. The summed E-state index contributed by atoms with van der Waals surface area (Å²) in [5.41, 5.74) is -0.962. The number of benzene rings is 1. The molecule has 0 aromatic heterocycles. The summed E-state index contributed by atoms with van der Waals surface area (Å²) in [6.07, 6.45) is 8.20. The van der Waals surface area contributed by atoms with Crippen molar-refractivity contribution >= 4 is 23.9 Å². The van der Waals surface area contributed by atoms with Gasteiger partial charge in [0.1, 0.15) is 0 Å². The van der Waals surface area contributed by atoms with Gasteiger partial charge in [0.15, 0.2) is 23.9 Å². The van der Waals surface area contributed by atoms with Gasteiger partial charge < -0.3 is 4.43 Å². The van der Waals surface area contributed by atoms with Gasteiger partial charge in [-0.2, -0.15) is 0 Å². The van der Waals surface area contributed by atoms with Crippen LogP contribution in [0.4, 0.5) is 0 Å². The third-order valence-electron chi connectivity index (χ3n) is 8.12. The summed E-state index contributed by atoms with van der Waals surface area (Å²) < 4.78 is 34.9. The standard InChI is InChI=1S/C27H40O4SSi/c1-25(2,3)33(7,8)31-24-15-17-27(6)16-14-20(28)18-22(27)23(19-26(24,4)5)32(29,30)21-12-10-9-11-13-21/h9-17,22-24H,18-19H2,1-8H3/t22-,23-,24+,27+/m1/s1. The molecule has 0 N–H and O–H groups in total. The number of ketones is 1. The molecule has 0 unspecified atom stereocenters. The van der Waals surface area contributed by atoms with Crippen molar-refractivity contribution in [1.29, 1.82) is 0 Å². The van der Waals surface area contributed by atoms with Crippen molar-refractivity contribution in [3.8, 4) is 0 Å². The summed E-state index contributed by atoms with van der Waals surface area (Å²) in [5, 5.41) is -0.650. The van der Waals surface area contributed by atoms with Gasteiger partial charge in [-0.3, -0.25) is 4.79 Å². The Bertz CT molecular complexity index is 1050. The van der Waals surface area contributed by atoms with Gasteiger partial charge in [0.25, 0.3) is 0 Å². The third-order valence-corrected chi connectivity index (χ3v) is 14.8. The van der Waals surface area contributed by atoms with Crippen LogP contribution in [0.3, 0.4) is 0 Å². The first-order chi connectivity index (χ1) is 15.0. The average molecular weight is 489 g/mol. The Hall–Kier alpha value is -1.50. The molecule has 3 rings (SSSR count). The van der Waals surface area contributed by atoms with Crippen LogP contribution in [0.15, 0.2) is 59.5 Å². The van der Waals surface area contributed by atoms with Crippen LogP contribution in [0.1, 0.15) is 54.4 Å². The molecule has 0 bridgehead atoms. The van der Waals surface area contributed by atoms with E-state index in [9.17, 15) is 13.2 Å². The molecule has 0 saturated heterocycles. The van der Waals surface area contributed by atoms with Crippen molar-refractivity contribution in [1.82, 2.24) is 0 Å². The van der Waals surface area contributed by atoms with Gasteiger partial charge in [-0.1, -0.05) is 78.0 Å². The zero-order valence-corrected chi connectivity index (χ0v) is 23.2. The minimum Gasteiger partial charge on any atom is -0.410 e. The molecule has 4 atom stereocenters. The Morgan fingerprint density at radius 3 is 2.21 bits per heavy atom. The molecule has 0 aliphatic heterocycles. The van der Waals surface area contributed by atoms with Crippen molar-refractivity contribution in [2.75, 3.05) is 0 Å². The van der Waals surface area contributed by atoms with E-state index in [4.69, 9.17) is 4.43 Å². The quantitative estimate of drug-likeness (QED) is 0.366. The Morgan fingerprint density at radius 1 is 1.03 bits per heavy atom. The number of hydrogen-bond donors (Lipinski definition) is 0. The van der Waals surface area contributed by atoms with Crippen molar-refractivity contribution in [3.05, 3.63) is 54.6 Å². The summed E-state index contributed by atoms with van der Waals surface area (Å²) in [7, 11) is -5.77. The highest BCUT2D eigenvalue weighted by molar-refractivity contribution is 7.92. The van der Waals surface area contributed by atoms with E-state index in [1.165, 1.54) is 0 Å². The lowest BCUT2D eigenvalue weighted by atomic mass is 9.64. The molecule has 4 nitrogen and oxygen atoms in total. The predicted molar refractivity (Wildman–Crippen MR) is 137 cm³/mol. The lowest BCUT2D eigenvalue weighted by molar-refractivity contribution is -0.116. The number of carbonyl (C=O) groups excluding carboxylic acids is 1. The van der Waals surface area contributed by atoms with E-state index >= 15 is 0 Å². The van der Waals surface area contributed by atoms with Crippen molar-refractivity contribution in [3.63, 3.8) is 0 Å². The van der Waals surface area contributed by atoms with E-state index < -0.39 is 34.2 Å². The van der Waals surface area contributed by atoms with E-state index in [0.29, 0.717) is 11.3 Å². The smallest absolute Gasteiger partial charge is 0.192 e. The van der Waals surface area contributed by atoms with Crippen molar-refractivity contribution in [2.45, 2.75) is 88.8 Å². The fourth-order valence-electron chi connectivity index (χ4n) is 4.75. The van der Waals surface area contributed by atoms with Crippen molar-refractivity contribution in [2.24, 2.45) is 16.7 Å². The summed E-state index contributed by atoms with van der Waals surface area (Å²) in [5.74, 6) is -0.337. The van der Waals surface area contributed by atoms with E-state index in [-0.39, 0.29) is 29.3 Å². The SMILES string of the molecule is CC1(C)C[C@@H](S(=O)(=O)c2ccccc2)[C@H]2CC(=O)C=C[C@@]2(C)C=C[C@@H]1O[Si](C)(C)C(C)(C)C. The van der Waals surface area contributed by atoms with Crippen molar-refractivity contribution < 1.29 is 17.6 Å². The van der Waals surface area contributed by atoms with Crippen LogP contribution >= 0.6 is 0 Å². The minimum atomic E-state index is -3.66. The molecule has 0 radical (unpaired) electrons. The molecule has 1 aromatic rings. The Labute approximate surface area is 201 Å². The maximum Gasteiger partial charge on any atom is 0.192 e. The molecule has 0 spiro atoms. The number of hydrogen-bond acceptors (Lipinski definition) is 4. The second-order valence-electron chi connectivity index (χ2n) is 12.2. The van der Waals surface area contributed by atoms with Gasteiger partial charge in [-0.15, -0.1) is 0 Å². The van der Waals surface area contributed by atoms with Crippen LogP contribution in [0.5, 0.6) is 0 Å². The highest BCUT2D eigenvalue weighted by Crippen LogP contribution is 2.50. The summed E-state index contributed by atoms with van der Waals surface area (Å²) in [6, 6.07) is 8.67. The molecule has 0 fully saturated rings. The highest BCUT2D eigenvalue weighted by atomic mass is 32.2. The van der Waals surface area contributed by atoms with Gasteiger partial charge in [-0.05, 0) is 54.1 Å². The Kier molecular flexibility index (Phi) is 6.82. The molecule has 0 amide bonds. The van der Waals surface area contributed by atoms with Crippen LogP contribution in [0, 0.1) is 16.7 Å². The number of rotatable bonds is 4. The van der Waals surface area contributed by atoms with Gasteiger partial charge in [-0.25, -0.2) is 8.42 Å². The fourth-order valence-corrected chi connectivity index (χ4v) is 8.49. The maximum atomic E-state index is 14.0. The first-order valence-electron chi connectivity index (χ1n) is 11.9. The Morgan fingerprint density at radius 2 is 1.64 bits per heavy atom. The predicted octanol–water partition coefficient (Wildman–Crippen LogP) is 6.36. The van der Waals surface area contributed by atoms with Crippen LogP contribution in [0.2, 0.25) is 18.1 Å². The van der Waals surface area contributed by atoms with Gasteiger partial charge in [0.05, 0.1) is 16.2 Å². The first-order valence-corrected chi connectivity index (χ1v) is 16.3. The lowest BCUT2D eigenvalue weighted by Crippen LogP contribution is -2.51. The van der Waals surface area contributed by atoms with Gasteiger partial charge >= 0.3 is 0 Å². The molecular formula is C27H40O4SSi. The topological polar surface area (TPSA) is 60.4 Å². The molecule has 33 heavy (non-hydrogen) atoms. The van der Waals surface area contributed by atoms with E-state index in [0.717, 1.165) is 0 Å². The maximum absolute atomic E-state index is 14.0. The fraction of sp³-hybridized carbons (Fsp3) is 0.593. The summed E-state index contributed by atoms with van der Waals surface area (Å²) in [6.45, 7) is 17.4. The second-order valence-corrected chi connectivity index (χ2v) is 19.1. The zero-order valence-electron chi connectivity index (χ0n) is 21.4. The van der Waals surface area contributed by atoms with Crippen LogP contribution in [0.25, 0.3) is 0 Å². The number of allylic oxidation sites excluding steroid dienone is 3. The first kappa shape index (κ1) is 26.1. The van der Waals surface area contributed by atoms with Crippen LogP contribution in [-0.4, -0.2) is 33.9 Å². The molecule has 2 aliphatic rings. The molecule has 2 aliphatic carbocycles. The lowest BCUT2D eigenvalue weighted by Gasteiger charge is -2.48. The van der Waals surface area contributed by atoms with E-state index in [1.54, 1.807) is 30.3 Å². The number of sulfone groups is 1. The number of fused-ring (bicyclic) bond motifs is 1. The second kappa shape index (κ2) is 8.62. The average Bonchev–Trinajstić information content (AvgIpc) is 2.70. The molecule has 6 heteroatoms. The normalized spacial score (nSPS) is 30.4. The summed E-state index contributed by atoms with van der Waals surface area (Å²) in [4.78, 5) is 12.8. The van der Waals surface area contributed by atoms with Crippen LogP contribution < -0.4 is 0 Å². The van der Waals surface area contributed by atoms with Crippen LogP contribution in [-0.2, 0) is 19.1 Å². The monoisotopic (exact) mass is 488 g/mol. The summed E-state index contributed by atoms with van der Waals surface area (Å²) >= 11 is 0. The molecular weight excluding hydrogens is 448 g/mol. The van der Waals surface area contributed by atoms with E-state index in [1.807, 2.05) is 19.1 Å². The molecule has 0 saturated carbocycles. The van der Waals surface area contributed by atoms with Gasteiger partial charge in [0, 0.05) is 11.8 Å². The largest absolute Gasteiger partial charge is 0.410 e. The zero-order chi connectivity index (χ0) is 24.9. The Balaban J connectivity index is 2.15. The van der Waals surface area contributed by atoms with E-state index in [2.05, 4.69) is 59.9 Å². The molecule has 182 valence electrons. The highest BCUT2D eigenvalue weighted by Gasteiger charge is 2.51. The molecule has 0 heterocycles. The number of carbonyl (C=O) groups is 1. The van der Waals surface area contributed by atoms with Gasteiger partial charge in [0.2, 0.25) is 0 Å². The third kappa shape index (κ3) is 5.13.